The van der Waals surface area contributed by atoms with Crippen LogP contribution in [0, 0.1) is 0 Å². The minimum absolute atomic E-state index is 0.116. The molecule has 17 heavy (non-hydrogen) atoms. The largest absolute Gasteiger partial charge is 0.411 e. The molecule has 0 bridgehead atoms. The van der Waals surface area contributed by atoms with E-state index in [0.717, 1.165) is 24.3 Å². The van der Waals surface area contributed by atoms with Crippen LogP contribution in [0.2, 0.25) is 0 Å². The minimum Gasteiger partial charge on any atom is -0.372 e. The first-order chi connectivity index (χ1) is 7.97. The molecule has 0 radical (unpaired) electrons. The maximum absolute atomic E-state index is 11.7. The predicted molar refractivity (Wildman–Crippen MR) is 60.4 cm³/mol. The van der Waals surface area contributed by atoms with E-state index in [1.165, 1.54) is 0 Å². The van der Waals surface area contributed by atoms with E-state index in [0.29, 0.717) is 19.0 Å². The highest BCUT2D eigenvalue weighted by Gasteiger charge is 2.27. The van der Waals surface area contributed by atoms with E-state index in [-0.39, 0.29) is 6.61 Å². The molecule has 1 fully saturated rings. The van der Waals surface area contributed by atoms with Crippen LogP contribution in [0.3, 0.4) is 0 Å². The fourth-order valence-electron chi connectivity index (χ4n) is 1.67. The third-order valence-corrected chi connectivity index (χ3v) is 3.93. The van der Waals surface area contributed by atoms with Gasteiger partial charge in [-0.3, -0.25) is 4.21 Å². The number of ether oxygens (including phenoxy) is 1. The van der Waals surface area contributed by atoms with Gasteiger partial charge in [-0.15, -0.1) is 0 Å². The Balaban J connectivity index is 1.92. The van der Waals surface area contributed by atoms with Gasteiger partial charge in [-0.05, 0) is 25.8 Å². The van der Waals surface area contributed by atoms with Crippen molar-refractivity contribution < 1.29 is 22.1 Å². The van der Waals surface area contributed by atoms with Crippen molar-refractivity contribution in [2.45, 2.75) is 31.5 Å². The molecular formula is C10H18F3NO2S. The van der Waals surface area contributed by atoms with Crippen molar-refractivity contribution >= 4 is 10.8 Å². The van der Waals surface area contributed by atoms with Crippen LogP contribution >= 0.6 is 0 Å². The fourth-order valence-corrected chi connectivity index (χ4v) is 2.97. The monoisotopic (exact) mass is 273 g/mol. The van der Waals surface area contributed by atoms with Crippen molar-refractivity contribution in [2.75, 3.05) is 31.3 Å². The van der Waals surface area contributed by atoms with Gasteiger partial charge in [-0.25, -0.2) is 0 Å². The zero-order chi connectivity index (χ0) is 12.7. The van der Waals surface area contributed by atoms with E-state index in [1.54, 1.807) is 0 Å². The summed E-state index contributed by atoms with van der Waals surface area (Å²) in [5.41, 5.74) is 0. The summed E-state index contributed by atoms with van der Waals surface area (Å²) in [4.78, 5) is 0. The number of rotatable bonds is 6. The molecule has 0 aromatic carbocycles. The van der Waals surface area contributed by atoms with Gasteiger partial charge in [0, 0.05) is 35.0 Å². The Morgan fingerprint density at radius 3 is 2.53 bits per heavy atom. The van der Waals surface area contributed by atoms with Crippen LogP contribution in [0.15, 0.2) is 0 Å². The van der Waals surface area contributed by atoms with Crippen LogP contribution in [-0.4, -0.2) is 47.7 Å². The smallest absolute Gasteiger partial charge is 0.372 e. The molecule has 0 aliphatic carbocycles. The van der Waals surface area contributed by atoms with E-state index in [9.17, 15) is 17.4 Å². The van der Waals surface area contributed by atoms with Crippen molar-refractivity contribution in [1.29, 1.82) is 0 Å². The van der Waals surface area contributed by atoms with E-state index in [4.69, 9.17) is 0 Å². The zero-order valence-corrected chi connectivity index (χ0v) is 10.4. The van der Waals surface area contributed by atoms with Crippen molar-refractivity contribution in [3.05, 3.63) is 0 Å². The number of hydrogen-bond donors (Lipinski definition) is 1. The van der Waals surface area contributed by atoms with Gasteiger partial charge in [0.15, 0.2) is 0 Å². The normalized spacial score (nSPS) is 26.1. The molecule has 3 nitrogen and oxygen atoms in total. The lowest BCUT2D eigenvalue weighted by Crippen LogP contribution is -2.36. The molecule has 1 N–H and O–H groups in total. The van der Waals surface area contributed by atoms with E-state index >= 15 is 0 Å². The predicted octanol–water partition coefficient (Wildman–Crippen LogP) is 1.46. The summed E-state index contributed by atoms with van der Waals surface area (Å²) in [5.74, 6) is 1.45. The quantitative estimate of drug-likeness (QED) is 0.745. The Hall–Kier alpha value is -0.140. The van der Waals surface area contributed by atoms with Crippen LogP contribution < -0.4 is 5.32 Å². The summed E-state index contributed by atoms with van der Waals surface area (Å²) in [5, 5.41) is 3.24. The van der Waals surface area contributed by atoms with Crippen molar-refractivity contribution in [3.63, 3.8) is 0 Å². The average molecular weight is 273 g/mol. The van der Waals surface area contributed by atoms with Gasteiger partial charge < -0.3 is 10.1 Å². The van der Waals surface area contributed by atoms with E-state index in [2.05, 4.69) is 10.1 Å². The molecule has 102 valence electrons. The number of hydrogen-bond acceptors (Lipinski definition) is 3. The zero-order valence-electron chi connectivity index (χ0n) is 9.59. The number of alkyl halides is 3. The van der Waals surface area contributed by atoms with Crippen LogP contribution in [0.1, 0.15) is 19.3 Å². The van der Waals surface area contributed by atoms with Gasteiger partial charge in [-0.2, -0.15) is 13.2 Å². The lowest BCUT2D eigenvalue weighted by molar-refractivity contribution is -0.173. The van der Waals surface area contributed by atoms with Crippen molar-refractivity contribution in [1.82, 2.24) is 5.32 Å². The molecule has 1 heterocycles. The van der Waals surface area contributed by atoms with Crippen LogP contribution in [-0.2, 0) is 15.5 Å². The Morgan fingerprint density at radius 2 is 1.94 bits per heavy atom. The van der Waals surface area contributed by atoms with Crippen molar-refractivity contribution in [3.8, 4) is 0 Å². The molecule has 0 aromatic rings. The molecule has 0 unspecified atom stereocenters. The summed E-state index contributed by atoms with van der Waals surface area (Å²) in [6.45, 7) is -0.407. The van der Waals surface area contributed by atoms with Crippen LogP contribution in [0.25, 0.3) is 0 Å². The highest BCUT2D eigenvalue weighted by atomic mass is 32.2. The van der Waals surface area contributed by atoms with Gasteiger partial charge >= 0.3 is 6.18 Å². The molecule has 0 atom stereocenters. The van der Waals surface area contributed by atoms with Crippen LogP contribution in [0.4, 0.5) is 13.2 Å². The molecule has 0 aromatic heterocycles. The second kappa shape index (κ2) is 7.33. The summed E-state index contributed by atoms with van der Waals surface area (Å²) >= 11 is 0. The maximum atomic E-state index is 11.7. The summed E-state index contributed by atoms with van der Waals surface area (Å²) in [7, 11) is -0.671. The molecule has 1 rings (SSSR count). The highest BCUT2D eigenvalue weighted by molar-refractivity contribution is 7.85. The van der Waals surface area contributed by atoms with E-state index in [1.807, 2.05) is 0 Å². The highest BCUT2D eigenvalue weighted by Crippen LogP contribution is 2.14. The third-order valence-electron chi connectivity index (χ3n) is 2.55. The Kier molecular flexibility index (Phi) is 6.43. The molecule has 1 saturated heterocycles. The lowest BCUT2D eigenvalue weighted by Gasteiger charge is -2.22. The first-order valence-electron chi connectivity index (χ1n) is 5.70. The molecule has 7 heteroatoms. The number of nitrogens with one attached hydrogen (secondary N) is 1. The third kappa shape index (κ3) is 7.72. The molecule has 0 saturated carbocycles. The van der Waals surface area contributed by atoms with Gasteiger partial charge in [0.1, 0.15) is 6.61 Å². The SMILES string of the molecule is O=S1CCC(NCCCOCC(F)(F)F)CC1. The average Bonchev–Trinajstić information content (AvgIpc) is 2.24. The molecule has 1 aliphatic heterocycles. The van der Waals surface area contributed by atoms with Gasteiger partial charge in [-0.1, -0.05) is 0 Å². The summed E-state index contributed by atoms with van der Waals surface area (Å²) in [6, 6.07) is 0.357. The van der Waals surface area contributed by atoms with Gasteiger partial charge in [0.05, 0.1) is 0 Å². The summed E-state index contributed by atoms with van der Waals surface area (Å²) < 4.78 is 50.7. The summed E-state index contributed by atoms with van der Waals surface area (Å²) in [6.07, 6.45) is -1.90. The van der Waals surface area contributed by atoms with Crippen LogP contribution in [0.5, 0.6) is 0 Å². The Bertz CT molecular complexity index is 238. The molecule has 0 spiro atoms. The van der Waals surface area contributed by atoms with Gasteiger partial charge in [0.2, 0.25) is 0 Å². The fraction of sp³-hybridized carbons (Fsp3) is 1.00. The first kappa shape index (κ1) is 14.9. The second-order valence-corrected chi connectivity index (χ2v) is 5.79. The lowest BCUT2D eigenvalue weighted by atomic mass is 10.1. The standard InChI is InChI=1S/C10H18F3NO2S/c11-10(12,13)8-16-5-1-4-14-9-2-6-17(15)7-3-9/h9,14H,1-8H2. The Morgan fingerprint density at radius 1 is 1.29 bits per heavy atom. The first-order valence-corrected chi connectivity index (χ1v) is 7.19. The minimum atomic E-state index is -4.24. The number of halogens is 3. The molecule has 0 amide bonds. The second-order valence-electron chi connectivity index (χ2n) is 4.10. The van der Waals surface area contributed by atoms with Crippen molar-refractivity contribution in [2.24, 2.45) is 0 Å². The maximum Gasteiger partial charge on any atom is 0.411 e. The Labute approximate surface area is 102 Å². The molecular weight excluding hydrogens is 255 g/mol. The molecule has 1 aliphatic rings. The topological polar surface area (TPSA) is 38.3 Å². The van der Waals surface area contributed by atoms with Gasteiger partial charge in [0.25, 0.3) is 0 Å². The van der Waals surface area contributed by atoms with E-state index < -0.39 is 23.6 Å².